The number of nitrogens with one attached hydrogen (secondary N) is 2. The number of fused-ring (bicyclic) bond motifs is 1. The summed E-state index contributed by atoms with van der Waals surface area (Å²) in [4.78, 5) is 8.45. The molecule has 2 aromatic rings. The normalized spacial score (nSPS) is 21.1. The maximum absolute atomic E-state index is 14.2. The fraction of sp³-hybridized carbons (Fsp3) is 0.353. The molecule has 2 aliphatic heterocycles. The third kappa shape index (κ3) is 3.75. The quantitative estimate of drug-likeness (QED) is 0.660. The molecule has 0 bridgehead atoms. The van der Waals surface area contributed by atoms with Crippen LogP contribution in [0.15, 0.2) is 18.3 Å². The first-order valence-electron chi connectivity index (χ1n) is 8.70. The first kappa shape index (κ1) is 18.9. The van der Waals surface area contributed by atoms with Crippen molar-refractivity contribution in [3.63, 3.8) is 0 Å². The van der Waals surface area contributed by atoms with E-state index in [2.05, 4.69) is 26.7 Å². The Kier molecular flexibility index (Phi) is 5.32. The van der Waals surface area contributed by atoms with Crippen LogP contribution in [0.5, 0.6) is 0 Å². The summed E-state index contributed by atoms with van der Waals surface area (Å²) in [6.07, 6.45) is 2.05. The third-order valence-electron chi connectivity index (χ3n) is 4.70. The van der Waals surface area contributed by atoms with Gasteiger partial charge in [-0.25, -0.2) is 9.37 Å². The molecule has 2 atom stereocenters. The maximum Gasteiger partial charge on any atom is 0.494 e. The Bertz CT molecular complexity index is 944. The Morgan fingerprint density at radius 3 is 3.11 bits per heavy atom. The number of anilines is 3. The molecule has 2 aliphatic rings. The van der Waals surface area contributed by atoms with Crippen LogP contribution in [-0.2, 0) is 16.0 Å². The summed E-state index contributed by atoms with van der Waals surface area (Å²) >= 11 is 6.18. The third-order valence-corrected chi connectivity index (χ3v) is 4.98. The highest BCUT2D eigenvalue weighted by molar-refractivity contribution is 6.61. The Hall–Kier alpha value is -2.45. The molecular formula is C17H16BClFN5O3. The van der Waals surface area contributed by atoms with Crippen LogP contribution in [0, 0.1) is 23.1 Å². The molecule has 0 amide bonds. The van der Waals surface area contributed by atoms with Crippen molar-refractivity contribution in [2.24, 2.45) is 5.92 Å². The highest BCUT2D eigenvalue weighted by Crippen LogP contribution is 2.26. The molecule has 0 spiro atoms. The monoisotopic (exact) mass is 403 g/mol. The molecule has 0 unspecified atom stereocenters. The first-order valence-corrected chi connectivity index (χ1v) is 9.08. The molecule has 1 aromatic carbocycles. The molecule has 0 radical (unpaired) electrons. The van der Waals surface area contributed by atoms with E-state index in [9.17, 15) is 14.7 Å². The topological polar surface area (TPSA) is 112 Å². The number of nitrogens with zero attached hydrogens (tertiary/aromatic N) is 3. The number of hydrogen-bond donors (Lipinski definition) is 3. The molecule has 1 aromatic heterocycles. The largest absolute Gasteiger partial charge is 0.494 e. The summed E-state index contributed by atoms with van der Waals surface area (Å²) in [6.45, 7) is 1.04. The van der Waals surface area contributed by atoms with Gasteiger partial charge in [-0.3, -0.25) is 0 Å². The van der Waals surface area contributed by atoms with Crippen molar-refractivity contribution in [3.8, 4) is 6.07 Å². The van der Waals surface area contributed by atoms with Gasteiger partial charge in [0.05, 0.1) is 37.4 Å². The lowest BCUT2D eigenvalue weighted by Crippen LogP contribution is -2.38. The van der Waals surface area contributed by atoms with Gasteiger partial charge in [0.15, 0.2) is 5.82 Å². The molecule has 0 saturated carbocycles. The Morgan fingerprint density at radius 1 is 1.43 bits per heavy atom. The lowest BCUT2D eigenvalue weighted by molar-refractivity contribution is 0.0698. The van der Waals surface area contributed by atoms with Crippen molar-refractivity contribution < 1.29 is 18.8 Å². The lowest BCUT2D eigenvalue weighted by atomic mass is 9.79. The lowest BCUT2D eigenvalue weighted by Gasteiger charge is -2.28. The van der Waals surface area contributed by atoms with Crippen LogP contribution < -0.4 is 16.1 Å². The standard InChI is InChI=1S/C17H16BClFN5O3/c19-12-6-22-17(25-16(12)24-14-8-27-2-1-9(14)5-21)23-11-3-10-7-28-18(26)15(10)13(20)4-11/h3-4,6,9,14,26H,1-2,7-8H2,(H2,22,23,24,25)/t9-,14+/m0/s1. The van der Waals surface area contributed by atoms with Crippen molar-refractivity contribution in [1.82, 2.24) is 9.97 Å². The van der Waals surface area contributed by atoms with Gasteiger partial charge in [-0.1, -0.05) is 11.6 Å². The summed E-state index contributed by atoms with van der Waals surface area (Å²) in [5.41, 5.74) is 1.11. The van der Waals surface area contributed by atoms with Gasteiger partial charge >= 0.3 is 7.12 Å². The average molecular weight is 404 g/mol. The minimum absolute atomic E-state index is 0.119. The molecule has 4 rings (SSSR count). The molecule has 3 N–H and O–H groups in total. The molecule has 0 aliphatic carbocycles. The number of nitriles is 1. The van der Waals surface area contributed by atoms with Gasteiger partial charge in [0.2, 0.25) is 5.95 Å². The van der Waals surface area contributed by atoms with Crippen molar-refractivity contribution in [3.05, 3.63) is 34.7 Å². The number of aromatic nitrogens is 2. The van der Waals surface area contributed by atoms with Gasteiger partial charge in [0.25, 0.3) is 0 Å². The molecule has 3 heterocycles. The zero-order valence-electron chi connectivity index (χ0n) is 14.7. The second-order valence-corrected chi connectivity index (χ2v) is 6.97. The fourth-order valence-corrected chi connectivity index (χ4v) is 3.41. The number of ether oxygens (including phenoxy) is 1. The van der Waals surface area contributed by atoms with E-state index in [4.69, 9.17) is 21.0 Å². The van der Waals surface area contributed by atoms with Crippen LogP contribution in [0.25, 0.3) is 0 Å². The first-order chi connectivity index (χ1) is 13.5. The van der Waals surface area contributed by atoms with E-state index in [1.54, 1.807) is 6.07 Å². The van der Waals surface area contributed by atoms with E-state index in [0.29, 0.717) is 41.7 Å². The smallest absolute Gasteiger partial charge is 0.423 e. The van der Waals surface area contributed by atoms with Crippen molar-refractivity contribution in [2.45, 2.75) is 19.1 Å². The minimum Gasteiger partial charge on any atom is -0.423 e. The fourth-order valence-electron chi connectivity index (χ4n) is 3.26. The molecular weight excluding hydrogens is 387 g/mol. The van der Waals surface area contributed by atoms with E-state index in [1.807, 2.05) is 0 Å². The number of hydrogen-bond acceptors (Lipinski definition) is 8. The van der Waals surface area contributed by atoms with Gasteiger partial charge < -0.3 is 25.0 Å². The SMILES string of the molecule is N#C[C@@H]1CCOC[C@H]1Nc1nc(Nc2cc(F)c3c(c2)COB3O)ncc1Cl. The van der Waals surface area contributed by atoms with Crippen molar-refractivity contribution in [1.29, 1.82) is 5.26 Å². The zero-order chi connectivity index (χ0) is 19.7. The predicted molar refractivity (Wildman–Crippen MR) is 101 cm³/mol. The predicted octanol–water partition coefficient (Wildman–Crippen LogP) is 1.57. The van der Waals surface area contributed by atoms with E-state index in [0.717, 1.165) is 0 Å². The summed E-state index contributed by atoms with van der Waals surface area (Å²) in [5, 5.41) is 25.3. The van der Waals surface area contributed by atoms with Crippen LogP contribution in [0.2, 0.25) is 5.02 Å². The van der Waals surface area contributed by atoms with Gasteiger partial charge in [-0.15, -0.1) is 0 Å². The minimum atomic E-state index is -1.25. The Morgan fingerprint density at radius 2 is 2.29 bits per heavy atom. The Balaban J connectivity index is 1.55. The zero-order valence-corrected chi connectivity index (χ0v) is 15.4. The van der Waals surface area contributed by atoms with Crippen LogP contribution in [-0.4, -0.2) is 41.4 Å². The summed E-state index contributed by atoms with van der Waals surface area (Å²) in [6, 6.07) is 4.93. The second-order valence-electron chi connectivity index (χ2n) is 6.56. The average Bonchev–Trinajstić information content (AvgIpc) is 3.06. The summed E-state index contributed by atoms with van der Waals surface area (Å²) < 4.78 is 24.7. The molecule has 1 fully saturated rings. The number of benzene rings is 1. The highest BCUT2D eigenvalue weighted by atomic mass is 35.5. The molecule has 8 nitrogen and oxygen atoms in total. The van der Waals surface area contributed by atoms with Crippen LogP contribution in [0.1, 0.15) is 12.0 Å². The van der Waals surface area contributed by atoms with E-state index < -0.39 is 12.9 Å². The van der Waals surface area contributed by atoms with Gasteiger partial charge in [0.1, 0.15) is 10.8 Å². The maximum atomic E-state index is 14.2. The van der Waals surface area contributed by atoms with Gasteiger partial charge in [-0.05, 0) is 24.1 Å². The number of halogens is 2. The van der Waals surface area contributed by atoms with Crippen LogP contribution in [0.3, 0.4) is 0 Å². The second kappa shape index (κ2) is 7.89. The van der Waals surface area contributed by atoms with Gasteiger partial charge in [0, 0.05) is 17.8 Å². The molecule has 1 saturated heterocycles. The highest BCUT2D eigenvalue weighted by Gasteiger charge is 2.31. The van der Waals surface area contributed by atoms with Crippen molar-refractivity contribution >= 4 is 41.6 Å². The summed E-state index contributed by atoms with van der Waals surface area (Å²) in [7, 11) is -1.25. The van der Waals surface area contributed by atoms with Crippen LogP contribution >= 0.6 is 11.6 Å². The summed E-state index contributed by atoms with van der Waals surface area (Å²) in [5.74, 6) is -0.229. The Labute approximate surface area is 165 Å². The van der Waals surface area contributed by atoms with E-state index >= 15 is 0 Å². The van der Waals surface area contributed by atoms with E-state index in [1.165, 1.54) is 12.3 Å². The molecule has 11 heteroatoms. The van der Waals surface area contributed by atoms with E-state index in [-0.39, 0.29) is 30.0 Å². The van der Waals surface area contributed by atoms with Crippen LogP contribution in [0.4, 0.5) is 21.8 Å². The number of rotatable bonds is 4. The van der Waals surface area contributed by atoms with Gasteiger partial charge in [-0.2, -0.15) is 10.2 Å². The molecule has 28 heavy (non-hydrogen) atoms. The van der Waals surface area contributed by atoms with Crippen molar-refractivity contribution in [2.75, 3.05) is 23.8 Å². The molecule has 144 valence electrons.